The summed E-state index contributed by atoms with van der Waals surface area (Å²) in [4.78, 5) is 2.43. The van der Waals surface area contributed by atoms with E-state index in [-0.39, 0.29) is 0 Å². The summed E-state index contributed by atoms with van der Waals surface area (Å²) in [5, 5.41) is 18.8. The molecule has 3 heteroatoms. The first kappa shape index (κ1) is 13.1. The highest BCUT2D eigenvalue weighted by atomic mass is 16.3. The molecule has 1 aliphatic rings. The standard InChI is InChI=1S/C15H20N2O/c16-12-13-4-6-14(7-5-13)15(18)8-11-17-9-2-1-3-10-17/h4-7,15,18H,1-3,8-11H2. The molecule has 18 heavy (non-hydrogen) atoms. The molecule has 0 radical (unpaired) electrons. The van der Waals surface area contributed by atoms with Gasteiger partial charge in [-0.2, -0.15) is 5.26 Å². The Labute approximate surface area is 109 Å². The van der Waals surface area contributed by atoms with Crippen molar-refractivity contribution in [2.24, 2.45) is 0 Å². The molecule has 1 aromatic rings. The maximum Gasteiger partial charge on any atom is 0.0991 e. The quantitative estimate of drug-likeness (QED) is 0.885. The molecule has 1 heterocycles. The highest BCUT2D eigenvalue weighted by Crippen LogP contribution is 2.18. The number of aliphatic hydroxyl groups excluding tert-OH is 1. The third-order valence-electron chi connectivity index (χ3n) is 3.59. The minimum Gasteiger partial charge on any atom is -0.388 e. The number of rotatable bonds is 4. The van der Waals surface area contributed by atoms with Crippen LogP contribution in [0.1, 0.15) is 42.9 Å². The number of benzene rings is 1. The van der Waals surface area contributed by atoms with E-state index in [1.807, 2.05) is 12.1 Å². The van der Waals surface area contributed by atoms with Crippen molar-refractivity contribution in [3.05, 3.63) is 35.4 Å². The van der Waals surface area contributed by atoms with E-state index in [0.717, 1.165) is 18.5 Å². The number of nitriles is 1. The summed E-state index contributed by atoms with van der Waals surface area (Å²) >= 11 is 0. The summed E-state index contributed by atoms with van der Waals surface area (Å²) in [6.07, 6.45) is 4.26. The van der Waals surface area contributed by atoms with Crippen molar-refractivity contribution in [1.29, 1.82) is 5.26 Å². The van der Waals surface area contributed by atoms with E-state index in [2.05, 4.69) is 11.0 Å². The molecular formula is C15H20N2O. The Bertz CT molecular complexity index is 401. The zero-order chi connectivity index (χ0) is 12.8. The van der Waals surface area contributed by atoms with Gasteiger partial charge in [-0.25, -0.2) is 0 Å². The van der Waals surface area contributed by atoms with Gasteiger partial charge in [-0.3, -0.25) is 0 Å². The molecule has 0 saturated carbocycles. The van der Waals surface area contributed by atoms with Gasteiger partial charge >= 0.3 is 0 Å². The molecule has 0 amide bonds. The molecule has 1 fully saturated rings. The van der Waals surface area contributed by atoms with Gasteiger partial charge in [0.25, 0.3) is 0 Å². The highest BCUT2D eigenvalue weighted by molar-refractivity contribution is 5.32. The van der Waals surface area contributed by atoms with Crippen LogP contribution in [0.4, 0.5) is 0 Å². The topological polar surface area (TPSA) is 47.3 Å². The number of likely N-dealkylation sites (tertiary alicyclic amines) is 1. The lowest BCUT2D eigenvalue weighted by Gasteiger charge is -2.27. The molecule has 0 aliphatic carbocycles. The van der Waals surface area contributed by atoms with Crippen LogP contribution in [0.25, 0.3) is 0 Å². The molecule has 1 unspecified atom stereocenters. The number of aliphatic hydroxyl groups is 1. The van der Waals surface area contributed by atoms with E-state index in [9.17, 15) is 5.11 Å². The first-order valence-corrected chi connectivity index (χ1v) is 6.70. The summed E-state index contributed by atoms with van der Waals surface area (Å²) in [6.45, 7) is 3.29. The fourth-order valence-corrected chi connectivity index (χ4v) is 2.43. The van der Waals surface area contributed by atoms with Crippen LogP contribution >= 0.6 is 0 Å². The molecule has 2 rings (SSSR count). The van der Waals surface area contributed by atoms with Crippen molar-refractivity contribution in [3.8, 4) is 6.07 Å². The maximum absolute atomic E-state index is 10.1. The fraction of sp³-hybridized carbons (Fsp3) is 0.533. The highest BCUT2D eigenvalue weighted by Gasteiger charge is 2.13. The summed E-state index contributed by atoms with van der Waals surface area (Å²) in [7, 11) is 0. The summed E-state index contributed by atoms with van der Waals surface area (Å²) in [5.74, 6) is 0. The van der Waals surface area contributed by atoms with Gasteiger partial charge in [-0.05, 0) is 50.0 Å². The molecule has 1 aliphatic heterocycles. The van der Waals surface area contributed by atoms with Crippen molar-refractivity contribution in [1.82, 2.24) is 4.90 Å². The Morgan fingerprint density at radius 3 is 2.44 bits per heavy atom. The Morgan fingerprint density at radius 2 is 1.83 bits per heavy atom. The van der Waals surface area contributed by atoms with Crippen LogP contribution in [0.2, 0.25) is 0 Å². The minimum absolute atomic E-state index is 0.417. The van der Waals surface area contributed by atoms with Crippen LogP contribution in [0.5, 0.6) is 0 Å². The SMILES string of the molecule is N#Cc1ccc(C(O)CCN2CCCCC2)cc1. The van der Waals surface area contributed by atoms with Gasteiger partial charge in [0.2, 0.25) is 0 Å². The molecule has 0 aromatic heterocycles. The third-order valence-corrected chi connectivity index (χ3v) is 3.59. The van der Waals surface area contributed by atoms with Gasteiger partial charge in [0.15, 0.2) is 0 Å². The van der Waals surface area contributed by atoms with Gasteiger partial charge in [0.1, 0.15) is 0 Å². The monoisotopic (exact) mass is 244 g/mol. The predicted octanol–water partition coefficient (Wildman–Crippen LogP) is 2.47. The number of hydrogen-bond donors (Lipinski definition) is 1. The van der Waals surface area contributed by atoms with Gasteiger partial charge in [0, 0.05) is 6.54 Å². The van der Waals surface area contributed by atoms with Crippen molar-refractivity contribution >= 4 is 0 Å². The summed E-state index contributed by atoms with van der Waals surface area (Å²) < 4.78 is 0. The average Bonchev–Trinajstić information content (AvgIpc) is 2.46. The lowest BCUT2D eigenvalue weighted by molar-refractivity contribution is 0.134. The molecule has 1 saturated heterocycles. The molecule has 3 nitrogen and oxygen atoms in total. The molecule has 96 valence electrons. The molecule has 1 N–H and O–H groups in total. The normalized spacial score (nSPS) is 18.2. The van der Waals surface area contributed by atoms with E-state index in [1.165, 1.54) is 32.4 Å². The van der Waals surface area contributed by atoms with Crippen LogP contribution < -0.4 is 0 Å². The Hall–Kier alpha value is -1.37. The minimum atomic E-state index is -0.417. The second-order valence-electron chi connectivity index (χ2n) is 4.94. The molecule has 1 atom stereocenters. The van der Waals surface area contributed by atoms with E-state index in [0.29, 0.717) is 5.56 Å². The first-order chi connectivity index (χ1) is 8.79. The summed E-state index contributed by atoms with van der Waals surface area (Å²) in [5.41, 5.74) is 1.55. The van der Waals surface area contributed by atoms with Crippen LogP contribution in [0.3, 0.4) is 0 Å². The average molecular weight is 244 g/mol. The third kappa shape index (κ3) is 3.56. The lowest BCUT2D eigenvalue weighted by Crippen LogP contribution is -2.31. The number of hydrogen-bond acceptors (Lipinski definition) is 3. The predicted molar refractivity (Wildman–Crippen MR) is 71.0 cm³/mol. The number of piperidine rings is 1. The van der Waals surface area contributed by atoms with Crippen LogP contribution in [0.15, 0.2) is 24.3 Å². The van der Waals surface area contributed by atoms with E-state index in [4.69, 9.17) is 5.26 Å². The van der Waals surface area contributed by atoms with Crippen LogP contribution in [0, 0.1) is 11.3 Å². The van der Waals surface area contributed by atoms with E-state index >= 15 is 0 Å². The maximum atomic E-state index is 10.1. The largest absolute Gasteiger partial charge is 0.388 e. The number of nitrogens with zero attached hydrogens (tertiary/aromatic N) is 2. The van der Waals surface area contributed by atoms with Crippen molar-refractivity contribution in [2.75, 3.05) is 19.6 Å². The molecule has 1 aromatic carbocycles. The van der Waals surface area contributed by atoms with Crippen molar-refractivity contribution < 1.29 is 5.11 Å². The smallest absolute Gasteiger partial charge is 0.0991 e. The van der Waals surface area contributed by atoms with Crippen molar-refractivity contribution in [2.45, 2.75) is 31.8 Å². The Balaban J connectivity index is 1.83. The molecule has 0 bridgehead atoms. The van der Waals surface area contributed by atoms with Gasteiger partial charge in [-0.15, -0.1) is 0 Å². The fourth-order valence-electron chi connectivity index (χ4n) is 2.43. The molecular weight excluding hydrogens is 224 g/mol. The van der Waals surface area contributed by atoms with E-state index in [1.54, 1.807) is 12.1 Å². The van der Waals surface area contributed by atoms with Crippen molar-refractivity contribution in [3.63, 3.8) is 0 Å². The van der Waals surface area contributed by atoms with Gasteiger partial charge < -0.3 is 10.0 Å². The molecule has 0 spiro atoms. The second-order valence-corrected chi connectivity index (χ2v) is 4.94. The lowest BCUT2D eigenvalue weighted by atomic mass is 10.0. The van der Waals surface area contributed by atoms with Gasteiger partial charge in [-0.1, -0.05) is 18.6 Å². The Morgan fingerprint density at radius 1 is 1.17 bits per heavy atom. The van der Waals surface area contributed by atoms with Crippen LogP contribution in [-0.4, -0.2) is 29.6 Å². The van der Waals surface area contributed by atoms with E-state index < -0.39 is 6.10 Å². The first-order valence-electron chi connectivity index (χ1n) is 6.70. The summed E-state index contributed by atoms with van der Waals surface area (Å²) in [6, 6.07) is 9.31. The van der Waals surface area contributed by atoms with Crippen LogP contribution in [-0.2, 0) is 0 Å². The van der Waals surface area contributed by atoms with Gasteiger partial charge in [0.05, 0.1) is 17.7 Å². The second kappa shape index (κ2) is 6.53. The zero-order valence-electron chi connectivity index (χ0n) is 10.7. The Kier molecular flexibility index (Phi) is 4.74. The zero-order valence-corrected chi connectivity index (χ0v) is 10.7.